The van der Waals surface area contributed by atoms with Gasteiger partial charge in [0.05, 0.1) is 17.3 Å². The average molecular weight is 412 g/mol. The van der Waals surface area contributed by atoms with Crippen LogP contribution in [-0.2, 0) is 0 Å². The lowest BCUT2D eigenvalue weighted by atomic mass is 9.93. The molecule has 1 aromatic heterocycles. The Morgan fingerprint density at radius 3 is 1.91 bits per heavy atom. The van der Waals surface area contributed by atoms with Gasteiger partial charge in [-0.05, 0) is 47.9 Å². The topological polar surface area (TPSA) is 41.6 Å². The maximum absolute atomic E-state index is 9.38. The predicted octanol–water partition coefficient (Wildman–Crippen LogP) is 7.05. The third kappa shape index (κ3) is 3.59. The summed E-state index contributed by atoms with van der Waals surface area (Å²) in [5.41, 5.74) is 8.37. The Balaban J connectivity index is 1.83. The SMILES string of the molecule is Cc1cc(-c2ccccc2)c(-n2ccnc2-c2cccc(C#N)c2)c(-c2ccccc2)c1. The molecule has 32 heavy (non-hydrogen) atoms. The van der Waals surface area contributed by atoms with Gasteiger partial charge in [0.15, 0.2) is 0 Å². The van der Waals surface area contributed by atoms with Crippen molar-refractivity contribution in [3.8, 4) is 45.4 Å². The highest BCUT2D eigenvalue weighted by Gasteiger charge is 2.18. The van der Waals surface area contributed by atoms with Crippen molar-refractivity contribution in [2.75, 3.05) is 0 Å². The fourth-order valence-corrected chi connectivity index (χ4v) is 4.14. The van der Waals surface area contributed by atoms with Crippen LogP contribution in [-0.4, -0.2) is 9.55 Å². The van der Waals surface area contributed by atoms with E-state index in [9.17, 15) is 5.26 Å². The van der Waals surface area contributed by atoms with Gasteiger partial charge in [-0.25, -0.2) is 4.98 Å². The number of hydrogen-bond donors (Lipinski definition) is 0. The molecule has 5 aromatic rings. The molecule has 0 fully saturated rings. The molecule has 0 saturated heterocycles. The Bertz CT molecular complexity index is 1360. The van der Waals surface area contributed by atoms with E-state index < -0.39 is 0 Å². The van der Waals surface area contributed by atoms with Gasteiger partial charge in [0.2, 0.25) is 0 Å². The van der Waals surface area contributed by atoms with Gasteiger partial charge in [0.1, 0.15) is 5.82 Å². The minimum absolute atomic E-state index is 0.618. The van der Waals surface area contributed by atoms with Crippen molar-refractivity contribution in [3.05, 3.63) is 121 Å². The largest absolute Gasteiger partial charge is 0.299 e. The van der Waals surface area contributed by atoms with Crippen molar-refractivity contribution >= 4 is 0 Å². The van der Waals surface area contributed by atoms with E-state index in [1.54, 1.807) is 0 Å². The zero-order valence-electron chi connectivity index (χ0n) is 17.7. The molecule has 3 nitrogen and oxygen atoms in total. The first-order valence-corrected chi connectivity index (χ1v) is 10.5. The minimum atomic E-state index is 0.618. The summed E-state index contributed by atoms with van der Waals surface area (Å²) in [5, 5.41) is 9.38. The molecule has 0 atom stereocenters. The van der Waals surface area contributed by atoms with Crippen LogP contribution >= 0.6 is 0 Å². The summed E-state index contributed by atoms with van der Waals surface area (Å²) in [7, 11) is 0. The molecular weight excluding hydrogens is 390 g/mol. The zero-order chi connectivity index (χ0) is 21.9. The average Bonchev–Trinajstić information content (AvgIpc) is 3.34. The van der Waals surface area contributed by atoms with E-state index in [1.165, 1.54) is 5.56 Å². The predicted molar refractivity (Wildman–Crippen MR) is 129 cm³/mol. The molecule has 3 heteroatoms. The summed E-state index contributed by atoms with van der Waals surface area (Å²) < 4.78 is 2.14. The minimum Gasteiger partial charge on any atom is -0.299 e. The van der Waals surface area contributed by atoms with Crippen LogP contribution in [0, 0.1) is 18.3 Å². The zero-order valence-corrected chi connectivity index (χ0v) is 17.7. The Hall–Kier alpha value is -4.42. The maximum atomic E-state index is 9.38. The molecule has 0 aliphatic heterocycles. The number of hydrogen-bond acceptors (Lipinski definition) is 2. The van der Waals surface area contributed by atoms with Crippen LogP contribution in [0.15, 0.2) is 109 Å². The number of rotatable bonds is 4. The van der Waals surface area contributed by atoms with Crippen LogP contribution in [0.2, 0.25) is 0 Å². The van der Waals surface area contributed by atoms with Crippen molar-refractivity contribution in [1.29, 1.82) is 5.26 Å². The highest BCUT2D eigenvalue weighted by Crippen LogP contribution is 2.38. The van der Waals surface area contributed by atoms with E-state index in [0.717, 1.165) is 39.3 Å². The first kappa shape index (κ1) is 19.5. The molecule has 4 aromatic carbocycles. The summed E-state index contributed by atoms with van der Waals surface area (Å²) in [6.07, 6.45) is 3.82. The van der Waals surface area contributed by atoms with Gasteiger partial charge in [-0.15, -0.1) is 0 Å². The van der Waals surface area contributed by atoms with Crippen molar-refractivity contribution in [3.63, 3.8) is 0 Å². The lowest BCUT2D eigenvalue weighted by Crippen LogP contribution is -2.03. The molecule has 0 bridgehead atoms. The van der Waals surface area contributed by atoms with E-state index in [4.69, 9.17) is 0 Å². The number of aryl methyl sites for hydroxylation is 1. The van der Waals surface area contributed by atoms with Gasteiger partial charge < -0.3 is 0 Å². The second-order valence-corrected chi connectivity index (χ2v) is 7.75. The lowest BCUT2D eigenvalue weighted by Gasteiger charge is -2.20. The van der Waals surface area contributed by atoms with Crippen LogP contribution in [0.25, 0.3) is 39.3 Å². The van der Waals surface area contributed by atoms with Gasteiger partial charge in [0.25, 0.3) is 0 Å². The van der Waals surface area contributed by atoms with Crippen molar-refractivity contribution in [1.82, 2.24) is 9.55 Å². The monoisotopic (exact) mass is 411 g/mol. The van der Waals surface area contributed by atoms with Crippen LogP contribution in [0.3, 0.4) is 0 Å². The Labute approximate surface area is 187 Å². The lowest BCUT2D eigenvalue weighted by molar-refractivity contribution is 1.07. The molecule has 0 radical (unpaired) electrons. The van der Waals surface area contributed by atoms with Crippen LogP contribution in [0.1, 0.15) is 11.1 Å². The first-order valence-electron chi connectivity index (χ1n) is 10.5. The van der Waals surface area contributed by atoms with Crippen LogP contribution < -0.4 is 0 Å². The second-order valence-electron chi connectivity index (χ2n) is 7.75. The number of benzene rings is 4. The smallest absolute Gasteiger partial charge is 0.144 e. The number of nitriles is 1. The molecule has 0 amide bonds. The number of imidazole rings is 1. The standard InChI is InChI=1S/C29H21N3/c1-21-17-26(23-10-4-2-5-11-23)28(27(18-21)24-12-6-3-7-13-24)32-16-15-31-29(32)25-14-8-9-22(19-25)20-30/h2-19H,1H3. The normalized spacial score (nSPS) is 10.6. The summed E-state index contributed by atoms with van der Waals surface area (Å²) >= 11 is 0. The van der Waals surface area contributed by atoms with Crippen molar-refractivity contribution < 1.29 is 0 Å². The van der Waals surface area contributed by atoms with E-state index in [2.05, 4.69) is 83.2 Å². The second kappa shape index (κ2) is 8.37. The summed E-state index contributed by atoms with van der Waals surface area (Å²) in [4.78, 5) is 4.68. The third-order valence-corrected chi connectivity index (χ3v) is 5.56. The van der Waals surface area contributed by atoms with E-state index >= 15 is 0 Å². The van der Waals surface area contributed by atoms with Gasteiger partial charge in [-0.3, -0.25) is 4.57 Å². The van der Waals surface area contributed by atoms with E-state index in [0.29, 0.717) is 5.56 Å². The van der Waals surface area contributed by atoms with Crippen molar-refractivity contribution in [2.45, 2.75) is 6.92 Å². The highest BCUT2D eigenvalue weighted by atomic mass is 15.1. The molecule has 0 saturated carbocycles. The van der Waals surface area contributed by atoms with Gasteiger partial charge in [-0.1, -0.05) is 72.8 Å². The molecule has 0 unspecified atom stereocenters. The van der Waals surface area contributed by atoms with Gasteiger partial charge in [0, 0.05) is 29.1 Å². The number of aromatic nitrogens is 2. The van der Waals surface area contributed by atoms with Gasteiger partial charge in [-0.2, -0.15) is 5.26 Å². The third-order valence-electron chi connectivity index (χ3n) is 5.56. The molecule has 0 spiro atoms. The quantitative estimate of drug-likeness (QED) is 0.318. The molecule has 152 valence electrons. The molecule has 5 rings (SSSR count). The van der Waals surface area contributed by atoms with Crippen LogP contribution in [0.4, 0.5) is 0 Å². The fraction of sp³-hybridized carbons (Fsp3) is 0.0345. The number of nitrogens with zero attached hydrogens (tertiary/aromatic N) is 3. The Kier molecular flexibility index (Phi) is 5.11. The molecule has 0 N–H and O–H groups in total. The summed E-state index contributed by atoms with van der Waals surface area (Å²) in [6, 6.07) is 35.2. The van der Waals surface area contributed by atoms with E-state index in [1.807, 2.05) is 48.8 Å². The molecule has 0 aliphatic rings. The molecule has 1 heterocycles. The maximum Gasteiger partial charge on any atom is 0.144 e. The first-order chi connectivity index (χ1) is 15.7. The Morgan fingerprint density at radius 2 is 1.31 bits per heavy atom. The molecular formula is C29H21N3. The summed E-state index contributed by atoms with van der Waals surface area (Å²) in [5.74, 6) is 0.806. The molecule has 0 aliphatic carbocycles. The van der Waals surface area contributed by atoms with Crippen LogP contribution in [0.5, 0.6) is 0 Å². The van der Waals surface area contributed by atoms with Gasteiger partial charge >= 0.3 is 0 Å². The Morgan fingerprint density at radius 1 is 0.719 bits per heavy atom. The van der Waals surface area contributed by atoms with Crippen molar-refractivity contribution in [2.24, 2.45) is 0 Å². The fourth-order valence-electron chi connectivity index (χ4n) is 4.14. The highest BCUT2D eigenvalue weighted by molar-refractivity contribution is 5.87. The van der Waals surface area contributed by atoms with E-state index in [-0.39, 0.29) is 0 Å². The summed E-state index contributed by atoms with van der Waals surface area (Å²) in [6.45, 7) is 2.13.